The fourth-order valence-electron chi connectivity index (χ4n) is 11.3. The van der Waals surface area contributed by atoms with Gasteiger partial charge in [0.25, 0.3) is 0 Å². The molecule has 1 heterocycles. The predicted octanol–water partition coefficient (Wildman–Crippen LogP) is 19.1. The van der Waals surface area contributed by atoms with Crippen molar-refractivity contribution < 1.29 is 49.3 Å². The Morgan fingerprint density at radius 1 is 0.448 bits per heavy atom. The van der Waals surface area contributed by atoms with Gasteiger partial charge in [-0.1, -0.05) is 306 Å². The van der Waals surface area contributed by atoms with E-state index in [0.717, 1.165) is 89.9 Å². The summed E-state index contributed by atoms with van der Waals surface area (Å²) in [5.41, 5.74) is 0. The fraction of sp³-hybridized carbons (Fsp3) is 0.816. The fourth-order valence-corrected chi connectivity index (χ4v) is 11.3. The second-order valence-electron chi connectivity index (χ2n) is 25.3. The van der Waals surface area contributed by atoms with E-state index in [0.29, 0.717) is 19.3 Å². The Morgan fingerprint density at radius 2 is 0.793 bits per heavy atom. The van der Waals surface area contributed by atoms with Gasteiger partial charge in [-0.2, -0.15) is 0 Å². The van der Waals surface area contributed by atoms with Gasteiger partial charge in [0.05, 0.1) is 25.4 Å². The van der Waals surface area contributed by atoms with Gasteiger partial charge in [-0.05, 0) is 96.3 Å². The first-order valence-electron chi connectivity index (χ1n) is 36.7. The van der Waals surface area contributed by atoms with Crippen molar-refractivity contribution in [2.24, 2.45) is 0 Å². The molecule has 506 valence electrons. The van der Waals surface area contributed by atoms with Crippen molar-refractivity contribution in [3.63, 3.8) is 0 Å². The number of ether oxygens (including phenoxy) is 3. The van der Waals surface area contributed by atoms with Crippen LogP contribution in [0.1, 0.15) is 335 Å². The largest absolute Gasteiger partial charge is 0.454 e. The molecule has 11 heteroatoms. The highest BCUT2D eigenvalue weighted by Crippen LogP contribution is 2.26. The number of carbonyl (C=O) groups excluding carboxylic acids is 2. The summed E-state index contributed by atoms with van der Waals surface area (Å²) in [5, 5.41) is 57.2. The van der Waals surface area contributed by atoms with Crippen LogP contribution >= 0.6 is 0 Å². The van der Waals surface area contributed by atoms with Crippen molar-refractivity contribution in [2.75, 3.05) is 13.2 Å². The Bertz CT molecular complexity index is 1690. The van der Waals surface area contributed by atoms with Gasteiger partial charge >= 0.3 is 5.97 Å². The minimum absolute atomic E-state index is 0.101. The van der Waals surface area contributed by atoms with Crippen molar-refractivity contribution in [1.82, 2.24) is 5.32 Å². The van der Waals surface area contributed by atoms with Crippen LogP contribution in [0.5, 0.6) is 0 Å². The lowest BCUT2D eigenvalue weighted by atomic mass is 9.99. The van der Waals surface area contributed by atoms with E-state index in [1.54, 1.807) is 6.08 Å². The maximum absolute atomic E-state index is 13.5. The summed E-state index contributed by atoms with van der Waals surface area (Å²) in [4.78, 5) is 26.7. The molecule has 0 spiro atoms. The van der Waals surface area contributed by atoms with Gasteiger partial charge in [-0.25, -0.2) is 0 Å². The molecule has 1 rings (SSSR count). The molecule has 1 saturated heterocycles. The smallest absolute Gasteiger partial charge is 0.306 e. The Hall–Kier alpha value is -2.90. The molecule has 0 bridgehead atoms. The molecule has 0 aromatic rings. The highest BCUT2D eigenvalue weighted by atomic mass is 16.7. The summed E-state index contributed by atoms with van der Waals surface area (Å²) in [6.45, 7) is 5.78. The number of nitrogens with one attached hydrogen (secondary N) is 1. The van der Waals surface area contributed by atoms with E-state index in [1.165, 1.54) is 199 Å². The lowest BCUT2D eigenvalue weighted by Crippen LogP contribution is -2.61. The number of carbonyl (C=O) groups is 2. The topological polar surface area (TPSA) is 175 Å². The van der Waals surface area contributed by atoms with E-state index in [4.69, 9.17) is 14.2 Å². The lowest BCUT2D eigenvalue weighted by Gasteiger charge is -2.41. The number of aliphatic hydroxyl groups excluding tert-OH is 5. The molecule has 11 nitrogen and oxygen atoms in total. The van der Waals surface area contributed by atoms with Crippen LogP contribution in [0.15, 0.2) is 72.9 Å². The van der Waals surface area contributed by atoms with E-state index in [-0.39, 0.29) is 13.0 Å². The first-order chi connectivity index (χ1) is 42.7. The minimum Gasteiger partial charge on any atom is -0.454 e. The molecule has 1 aliphatic rings. The maximum Gasteiger partial charge on any atom is 0.306 e. The Morgan fingerprint density at radius 3 is 1.22 bits per heavy atom. The number of allylic oxidation sites excluding steroid dienone is 11. The number of aliphatic hydroxyl groups is 5. The van der Waals surface area contributed by atoms with Gasteiger partial charge in [0.15, 0.2) is 12.4 Å². The van der Waals surface area contributed by atoms with Gasteiger partial charge in [0.1, 0.15) is 24.4 Å². The van der Waals surface area contributed by atoms with Crippen LogP contribution in [0.4, 0.5) is 0 Å². The van der Waals surface area contributed by atoms with Crippen LogP contribution in [0.2, 0.25) is 0 Å². The van der Waals surface area contributed by atoms with Crippen molar-refractivity contribution in [2.45, 2.75) is 384 Å². The molecule has 0 aromatic carbocycles. The van der Waals surface area contributed by atoms with Gasteiger partial charge < -0.3 is 45.1 Å². The Kier molecular flexibility index (Phi) is 59.7. The summed E-state index contributed by atoms with van der Waals surface area (Å²) in [6.07, 6.45) is 72.4. The third kappa shape index (κ3) is 50.4. The van der Waals surface area contributed by atoms with Gasteiger partial charge in [0, 0.05) is 6.42 Å². The van der Waals surface area contributed by atoms with Crippen molar-refractivity contribution >= 4 is 11.9 Å². The number of hydrogen-bond donors (Lipinski definition) is 6. The highest BCUT2D eigenvalue weighted by Gasteiger charge is 2.47. The Labute approximate surface area is 534 Å². The summed E-state index contributed by atoms with van der Waals surface area (Å²) in [6, 6.07) is -1.03. The van der Waals surface area contributed by atoms with E-state index in [1.807, 2.05) is 6.08 Å². The third-order valence-corrected chi connectivity index (χ3v) is 17.1. The van der Waals surface area contributed by atoms with Crippen LogP contribution in [0.3, 0.4) is 0 Å². The average molecular weight is 1220 g/mol. The van der Waals surface area contributed by atoms with Crippen LogP contribution in [0.25, 0.3) is 0 Å². The zero-order valence-corrected chi connectivity index (χ0v) is 56.4. The molecule has 1 aliphatic heterocycles. The minimum atomic E-state index is -1.62. The van der Waals surface area contributed by atoms with Crippen LogP contribution in [-0.4, -0.2) is 99.6 Å². The molecular formula is C76H137NO10. The zero-order valence-electron chi connectivity index (χ0n) is 56.4. The number of hydrogen-bond acceptors (Lipinski definition) is 10. The quantitative estimate of drug-likeness (QED) is 0.0195. The van der Waals surface area contributed by atoms with Crippen molar-refractivity contribution in [1.29, 1.82) is 0 Å². The SMILES string of the molecule is CCCCC/C=C\C/C=C\C/C=C\C/C=C\CCCCCCCC(=O)OC1C(OCC(NC(=O)C(O)CCCCCCCCCCCCCCCCCC/C=C/CCCCCCCC)C(O)/C=C/CCCCCCCCCCC)OC(CO)C(O)C1O. The first-order valence-corrected chi connectivity index (χ1v) is 36.7. The molecular weight excluding hydrogens is 1090 g/mol. The Balaban J connectivity index is 2.54. The molecule has 8 atom stereocenters. The molecule has 0 radical (unpaired) electrons. The first kappa shape index (κ1) is 82.1. The highest BCUT2D eigenvalue weighted by molar-refractivity contribution is 5.80. The molecule has 0 aromatic heterocycles. The number of esters is 1. The van der Waals surface area contributed by atoms with E-state index >= 15 is 0 Å². The van der Waals surface area contributed by atoms with Crippen LogP contribution < -0.4 is 5.32 Å². The molecule has 1 amide bonds. The van der Waals surface area contributed by atoms with Crippen LogP contribution in [-0.2, 0) is 23.8 Å². The molecule has 0 saturated carbocycles. The second-order valence-corrected chi connectivity index (χ2v) is 25.3. The maximum atomic E-state index is 13.5. The molecule has 6 N–H and O–H groups in total. The van der Waals surface area contributed by atoms with Gasteiger partial charge in [-0.3, -0.25) is 9.59 Å². The summed E-state index contributed by atoms with van der Waals surface area (Å²) in [7, 11) is 0. The standard InChI is InChI=1S/C76H137NO10/c1-4-7-10-13-16-19-22-24-26-28-30-32-33-34-35-36-38-39-41-43-45-48-51-54-57-60-63-69(80)75(84)77-67(68(79)62-59-56-53-50-47-21-18-15-12-9-6-3)66-85-76-74(73(83)72(82)70(65-78)86-76)87-71(81)64-61-58-55-52-49-46-44-42-40-37-31-29-27-25-23-20-17-14-11-8-5-2/h17,20,24-27,31,37,42,44,59,62,67-70,72-74,76,78-80,82-83H,4-16,18-19,21-23,28-30,32-36,38-41,43,45-58,60-61,63-66H2,1-3H3,(H,77,84)/b20-17-,26-24+,27-25-,37-31-,44-42-,62-59+. The summed E-state index contributed by atoms with van der Waals surface area (Å²) >= 11 is 0. The van der Waals surface area contributed by atoms with E-state index < -0.39 is 67.4 Å². The van der Waals surface area contributed by atoms with Crippen LogP contribution in [0, 0.1) is 0 Å². The second kappa shape index (κ2) is 63.3. The molecule has 0 aliphatic carbocycles. The number of rotatable bonds is 63. The lowest BCUT2D eigenvalue weighted by molar-refractivity contribution is -0.305. The van der Waals surface area contributed by atoms with Gasteiger partial charge in [0.2, 0.25) is 5.91 Å². The summed E-state index contributed by atoms with van der Waals surface area (Å²) in [5.74, 6) is -1.21. The molecule has 1 fully saturated rings. The van der Waals surface area contributed by atoms with E-state index in [9.17, 15) is 35.1 Å². The number of unbranched alkanes of at least 4 members (excludes halogenated alkanes) is 39. The van der Waals surface area contributed by atoms with Gasteiger partial charge in [-0.15, -0.1) is 0 Å². The molecule has 8 unspecified atom stereocenters. The normalized spacial score (nSPS) is 18.6. The third-order valence-electron chi connectivity index (χ3n) is 17.1. The number of amides is 1. The molecule has 87 heavy (non-hydrogen) atoms. The van der Waals surface area contributed by atoms with Crippen molar-refractivity contribution in [3.05, 3.63) is 72.9 Å². The zero-order chi connectivity index (χ0) is 63.1. The average Bonchev–Trinajstić information content (AvgIpc) is 3.60. The predicted molar refractivity (Wildman–Crippen MR) is 366 cm³/mol. The monoisotopic (exact) mass is 1220 g/mol. The van der Waals surface area contributed by atoms with Crippen molar-refractivity contribution in [3.8, 4) is 0 Å². The summed E-state index contributed by atoms with van der Waals surface area (Å²) < 4.78 is 17.7. The van der Waals surface area contributed by atoms with E-state index in [2.05, 4.69) is 86.8 Å².